The Balaban J connectivity index is 1.56. The Labute approximate surface area is 104 Å². The van der Waals surface area contributed by atoms with Crippen LogP contribution in [0.2, 0.25) is 0 Å². The van der Waals surface area contributed by atoms with Crippen LogP contribution in [0.25, 0.3) is 0 Å². The fourth-order valence-electron chi connectivity index (χ4n) is 3.39. The molecule has 0 unspecified atom stereocenters. The van der Waals surface area contributed by atoms with E-state index >= 15 is 0 Å². The normalized spacial score (nSPS) is 29.9. The van der Waals surface area contributed by atoms with Crippen LogP contribution in [0.5, 0.6) is 0 Å². The molecular formula is C13H23NO2S. The monoisotopic (exact) mass is 257 g/mol. The molecule has 0 spiro atoms. The number of hydrogen-bond acceptors (Lipinski definition) is 3. The smallest absolute Gasteiger partial charge is 0.158 e. The van der Waals surface area contributed by atoms with Crippen molar-refractivity contribution in [2.45, 2.75) is 67.9 Å². The van der Waals surface area contributed by atoms with Gasteiger partial charge in [0.2, 0.25) is 0 Å². The van der Waals surface area contributed by atoms with Crippen molar-refractivity contribution >= 4 is 9.84 Å². The zero-order chi connectivity index (χ0) is 11.9. The van der Waals surface area contributed by atoms with Gasteiger partial charge in [0.15, 0.2) is 9.84 Å². The highest BCUT2D eigenvalue weighted by Gasteiger charge is 2.44. The van der Waals surface area contributed by atoms with Crippen LogP contribution in [0.4, 0.5) is 0 Å². The van der Waals surface area contributed by atoms with E-state index in [9.17, 15) is 8.42 Å². The molecule has 0 radical (unpaired) electrons. The molecule has 2 aliphatic carbocycles. The number of nitrogens with zero attached hydrogens (tertiary/aromatic N) is 1. The lowest BCUT2D eigenvalue weighted by molar-refractivity contribution is 0.0702. The van der Waals surface area contributed by atoms with E-state index in [1.165, 1.54) is 25.7 Å². The maximum absolute atomic E-state index is 12.4. The summed E-state index contributed by atoms with van der Waals surface area (Å²) in [5, 5.41) is -0.0454. The van der Waals surface area contributed by atoms with Crippen LogP contribution >= 0.6 is 0 Å². The minimum absolute atomic E-state index is 0.00945. The minimum atomic E-state index is -2.82. The summed E-state index contributed by atoms with van der Waals surface area (Å²) in [6.07, 6.45) is 9.20. The topological polar surface area (TPSA) is 37.4 Å². The van der Waals surface area contributed by atoms with Crippen molar-refractivity contribution in [3.05, 3.63) is 0 Å². The maximum atomic E-state index is 12.4. The summed E-state index contributed by atoms with van der Waals surface area (Å²) in [6, 6.07) is 0.716. The number of sulfone groups is 1. The Bertz CT molecular complexity index is 363. The summed E-state index contributed by atoms with van der Waals surface area (Å²) >= 11 is 0. The predicted molar refractivity (Wildman–Crippen MR) is 68.8 cm³/mol. The Hall–Kier alpha value is -0.0900. The van der Waals surface area contributed by atoms with Gasteiger partial charge in [0, 0.05) is 19.1 Å². The van der Waals surface area contributed by atoms with Gasteiger partial charge in [-0.2, -0.15) is 0 Å². The van der Waals surface area contributed by atoms with Crippen molar-refractivity contribution in [2.75, 3.05) is 13.1 Å². The Kier molecular flexibility index (Phi) is 3.20. The summed E-state index contributed by atoms with van der Waals surface area (Å²) in [5.41, 5.74) is 0. The van der Waals surface area contributed by atoms with E-state index in [1.807, 2.05) is 0 Å². The van der Waals surface area contributed by atoms with Crippen LogP contribution in [-0.2, 0) is 9.84 Å². The summed E-state index contributed by atoms with van der Waals surface area (Å²) in [5.74, 6) is 0. The molecule has 3 fully saturated rings. The van der Waals surface area contributed by atoms with Gasteiger partial charge in [0.05, 0.1) is 10.5 Å². The van der Waals surface area contributed by atoms with E-state index in [2.05, 4.69) is 4.90 Å². The van der Waals surface area contributed by atoms with Crippen LogP contribution in [0.1, 0.15) is 51.4 Å². The van der Waals surface area contributed by atoms with E-state index in [1.54, 1.807) is 0 Å². The highest BCUT2D eigenvalue weighted by atomic mass is 32.2. The molecule has 0 atom stereocenters. The van der Waals surface area contributed by atoms with Gasteiger partial charge in [-0.1, -0.05) is 25.7 Å². The zero-order valence-corrected chi connectivity index (χ0v) is 11.3. The predicted octanol–water partition coefficient (Wildman–Crippen LogP) is 1.97. The lowest BCUT2D eigenvalue weighted by Gasteiger charge is -2.48. The molecule has 1 saturated heterocycles. The molecule has 3 aliphatic rings. The third-order valence-corrected chi connectivity index (χ3v) is 7.58. The molecule has 3 rings (SSSR count). The van der Waals surface area contributed by atoms with Crippen molar-refractivity contribution in [1.82, 2.24) is 4.90 Å². The van der Waals surface area contributed by atoms with Gasteiger partial charge < -0.3 is 0 Å². The second-order valence-electron chi connectivity index (χ2n) is 6.01. The summed E-state index contributed by atoms with van der Waals surface area (Å²) in [6.45, 7) is 1.65. The standard InChI is InChI=1S/C13H23NO2S/c15-17(16,12-7-2-1-3-8-12)13-9-14(10-13)11-5-4-6-11/h11-13H,1-10H2. The number of hydrogen-bond donors (Lipinski definition) is 0. The quantitative estimate of drug-likeness (QED) is 0.776. The van der Waals surface area contributed by atoms with E-state index in [-0.39, 0.29) is 10.5 Å². The average molecular weight is 257 g/mol. The van der Waals surface area contributed by atoms with Gasteiger partial charge in [-0.25, -0.2) is 8.42 Å². The summed E-state index contributed by atoms with van der Waals surface area (Å²) in [7, 11) is -2.82. The average Bonchev–Trinajstić information content (AvgIpc) is 2.21. The fraction of sp³-hybridized carbons (Fsp3) is 1.00. The van der Waals surface area contributed by atoms with Crippen LogP contribution in [0.15, 0.2) is 0 Å². The van der Waals surface area contributed by atoms with Crippen LogP contribution in [0, 0.1) is 0 Å². The number of rotatable bonds is 3. The maximum Gasteiger partial charge on any atom is 0.158 e. The third kappa shape index (κ3) is 2.14. The van der Waals surface area contributed by atoms with Gasteiger partial charge in [-0.15, -0.1) is 0 Å². The van der Waals surface area contributed by atoms with Gasteiger partial charge in [0.1, 0.15) is 0 Å². The first-order valence-corrected chi connectivity index (χ1v) is 8.75. The largest absolute Gasteiger partial charge is 0.298 e. The Morgan fingerprint density at radius 3 is 1.94 bits per heavy atom. The zero-order valence-electron chi connectivity index (χ0n) is 10.5. The molecule has 17 heavy (non-hydrogen) atoms. The van der Waals surface area contributed by atoms with Crippen molar-refractivity contribution in [1.29, 1.82) is 0 Å². The van der Waals surface area contributed by atoms with E-state index < -0.39 is 9.84 Å². The lowest BCUT2D eigenvalue weighted by atomic mass is 9.89. The third-order valence-electron chi connectivity index (χ3n) is 4.95. The minimum Gasteiger partial charge on any atom is -0.298 e. The first kappa shape index (κ1) is 12.0. The highest BCUT2D eigenvalue weighted by Crippen LogP contribution is 2.34. The molecule has 1 heterocycles. The number of likely N-dealkylation sites (tertiary alicyclic amines) is 1. The molecule has 0 N–H and O–H groups in total. The molecule has 2 saturated carbocycles. The first-order chi connectivity index (χ1) is 8.18. The molecule has 3 nitrogen and oxygen atoms in total. The molecule has 4 heteroatoms. The molecule has 0 aromatic heterocycles. The van der Waals surface area contributed by atoms with E-state index in [0.29, 0.717) is 6.04 Å². The van der Waals surface area contributed by atoms with Gasteiger partial charge in [-0.05, 0) is 25.7 Å². The second kappa shape index (κ2) is 4.54. The van der Waals surface area contributed by atoms with Gasteiger partial charge in [0.25, 0.3) is 0 Å². The summed E-state index contributed by atoms with van der Waals surface area (Å²) in [4.78, 5) is 2.38. The SMILES string of the molecule is O=S(=O)(C1CCCCC1)C1CN(C2CCC2)C1. The Morgan fingerprint density at radius 1 is 0.765 bits per heavy atom. The first-order valence-electron chi connectivity index (χ1n) is 7.14. The van der Waals surface area contributed by atoms with Crippen LogP contribution in [-0.4, -0.2) is 42.9 Å². The molecule has 0 aromatic rings. The molecule has 0 amide bonds. The molecular weight excluding hydrogens is 234 g/mol. The second-order valence-corrected chi connectivity index (χ2v) is 8.52. The van der Waals surface area contributed by atoms with Crippen molar-refractivity contribution in [3.8, 4) is 0 Å². The van der Waals surface area contributed by atoms with Crippen LogP contribution < -0.4 is 0 Å². The summed E-state index contributed by atoms with van der Waals surface area (Å²) < 4.78 is 24.8. The molecule has 98 valence electrons. The van der Waals surface area contributed by atoms with Crippen molar-refractivity contribution < 1.29 is 8.42 Å². The molecule has 1 aliphatic heterocycles. The van der Waals surface area contributed by atoms with Gasteiger partial charge in [-0.3, -0.25) is 4.90 Å². The van der Waals surface area contributed by atoms with Gasteiger partial charge >= 0.3 is 0 Å². The fourth-order valence-corrected chi connectivity index (χ4v) is 5.73. The van der Waals surface area contributed by atoms with E-state index in [0.717, 1.165) is 38.8 Å². The molecule has 0 bridgehead atoms. The van der Waals surface area contributed by atoms with Crippen molar-refractivity contribution in [2.24, 2.45) is 0 Å². The van der Waals surface area contributed by atoms with Crippen molar-refractivity contribution in [3.63, 3.8) is 0 Å². The lowest BCUT2D eigenvalue weighted by Crippen LogP contribution is -2.61. The highest BCUT2D eigenvalue weighted by molar-refractivity contribution is 7.92. The molecule has 0 aromatic carbocycles. The Morgan fingerprint density at radius 2 is 1.41 bits per heavy atom. The van der Waals surface area contributed by atoms with E-state index in [4.69, 9.17) is 0 Å². The van der Waals surface area contributed by atoms with Crippen LogP contribution in [0.3, 0.4) is 0 Å².